The molecule has 1 N–H and O–H groups in total. The summed E-state index contributed by atoms with van der Waals surface area (Å²) in [7, 11) is 1.70. The number of anilines is 1. The zero-order valence-electron chi connectivity index (χ0n) is 15.7. The molecule has 140 valence electrons. The highest BCUT2D eigenvalue weighted by atomic mass is 16.2. The summed E-state index contributed by atoms with van der Waals surface area (Å²) in [6, 6.07) is 14.8. The van der Waals surface area contributed by atoms with Crippen LogP contribution < -0.4 is 10.2 Å². The van der Waals surface area contributed by atoms with E-state index in [4.69, 9.17) is 0 Å². The minimum Gasteiger partial charge on any atom is -0.349 e. The van der Waals surface area contributed by atoms with E-state index in [1.165, 1.54) is 4.90 Å². The van der Waals surface area contributed by atoms with Crippen LogP contribution in [-0.2, 0) is 0 Å². The molecule has 0 unspecified atom stereocenters. The lowest BCUT2D eigenvalue weighted by molar-refractivity contribution is 0.0942. The Morgan fingerprint density at radius 2 is 1.81 bits per heavy atom. The van der Waals surface area contributed by atoms with Gasteiger partial charge < -0.3 is 10.2 Å². The molecule has 3 rings (SSSR count). The lowest BCUT2D eigenvalue weighted by Gasteiger charge is -2.16. The van der Waals surface area contributed by atoms with Gasteiger partial charge in [-0.25, -0.2) is 4.98 Å². The van der Waals surface area contributed by atoms with E-state index in [0.717, 1.165) is 24.9 Å². The fourth-order valence-corrected chi connectivity index (χ4v) is 2.94. The fourth-order valence-electron chi connectivity index (χ4n) is 2.94. The lowest BCUT2D eigenvalue weighted by Crippen LogP contribution is -2.28. The lowest BCUT2D eigenvalue weighted by atomic mass is 10.2. The van der Waals surface area contributed by atoms with Gasteiger partial charge in [0.1, 0.15) is 0 Å². The van der Waals surface area contributed by atoms with Crippen molar-refractivity contribution in [2.24, 2.45) is 0 Å². The number of imidazole rings is 1. The smallest absolute Gasteiger partial charge is 0.287 e. The maximum Gasteiger partial charge on any atom is 0.287 e. The van der Waals surface area contributed by atoms with Crippen LogP contribution in [0.1, 0.15) is 47.3 Å². The summed E-state index contributed by atoms with van der Waals surface area (Å²) >= 11 is 0. The maximum atomic E-state index is 13.0. The molecule has 0 aliphatic rings. The SMILES string of the molecule is CCCCCNC(=O)c1nc(C(=O)N(C)c2ccccc2)c2ccccn12. The van der Waals surface area contributed by atoms with E-state index in [1.54, 1.807) is 23.7 Å². The van der Waals surface area contributed by atoms with Crippen LogP contribution in [0.2, 0.25) is 0 Å². The molecule has 0 aliphatic carbocycles. The highest BCUT2D eigenvalue weighted by Crippen LogP contribution is 2.19. The number of hydrogen-bond donors (Lipinski definition) is 1. The zero-order chi connectivity index (χ0) is 19.2. The predicted octanol–water partition coefficient (Wildman–Crippen LogP) is 3.53. The summed E-state index contributed by atoms with van der Waals surface area (Å²) < 4.78 is 1.67. The van der Waals surface area contributed by atoms with Crippen molar-refractivity contribution in [3.05, 3.63) is 66.2 Å². The molecule has 2 heterocycles. The molecule has 1 aromatic carbocycles. The van der Waals surface area contributed by atoms with E-state index in [0.29, 0.717) is 12.1 Å². The molecular weight excluding hydrogens is 340 g/mol. The summed E-state index contributed by atoms with van der Waals surface area (Å²) in [5, 5.41) is 2.89. The molecule has 0 saturated heterocycles. The number of carbonyl (C=O) groups is 2. The monoisotopic (exact) mass is 364 g/mol. The van der Waals surface area contributed by atoms with Gasteiger partial charge in [-0.05, 0) is 30.7 Å². The molecule has 2 aromatic heterocycles. The van der Waals surface area contributed by atoms with Crippen molar-refractivity contribution in [1.82, 2.24) is 14.7 Å². The Morgan fingerprint density at radius 1 is 1.07 bits per heavy atom. The van der Waals surface area contributed by atoms with Crippen LogP contribution in [0.4, 0.5) is 5.69 Å². The molecule has 0 atom stereocenters. The van der Waals surface area contributed by atoms with Crippen molar-refractivity contribution in [3.8, 4) is 0 Å². The van der Waals surface area contributed by atoms with Gasteiger partial charge in [-0.2, -0.15) is 0 Å². The number of rotatable bonds is 7. The van der Waals surface area contributed by atoms with Crippen LogP contribution in [0.5, 0.6) is 0 Å². The van der Waals surface area contributed by atoms with Crippen LogP contribution in [0.15, 0.2) is 54.7 Å². The van der Waals surface area contributed by atoms with Gasteiger partial charge in [0.15, 0.2) is 5.69 Å². The van der Waals surface area contributed by atoms with Gasteiger partial charge in [0, 0.05) is 25.5 Å². The van der Waals surface area contributed by atoms with Gasteiger partial charge in [-0.1, -0.05) is 44.0 Å². The van der Waals surface area contributed by atoms with Crippen LogP contribution in [0, 0.1) is 0 Å². The zero-order valence-corrected chi connectivity index (χ0v) is 15.7. The topological polar surface area (TPSA) is 66.7 Å². The van der Waals surface area contributed by atoms with Crippen molar-refractivity contribution in [1.29, 1.82) is 0 Å². The number of nitrogens with zero attached hydrogens (tertiary/aromatic N) is 3. The van der Waals surface area contributed by atoms with Gasteiger partial charge in [-0.15, -0.1) is 0 Å². The largest absolute Gasteiger partial charge is 0.349 e. The summed E-state index contributed by atoms with van der Waals surface area (Å²) in [4.78, 5) is 31.5. The first-order chi connectivity index (χ1) is 13.1. The average Bonchev–Trinajstić information content (AvgIpc) is 3.10. The summed E-state index contributed by atoms with van der Waals surface area (Å²) in [5.41, 5.74) is 1.65. The number of amides is 2. The quantitative estimate of drug-likeness (QED) is 0.652. The third-order valence-electron chi connectivity index (χ3n) is 4.47. The predicted molar refractivity (Wildman–Crippen MR) is 106 cm³/mol. The van der Waals surface area contributed by atoms with E-state index in [9.17, 15) is 9.59 Å². The van der Waals surface area contributed by atoms with E-state index in [1.807, 2.05) is 42.5 Å². The van der Waals surface area contributed by atoms with Crippen molar-refractivity contribution in [2.45, 2.75) is 26.2 Å². The molecular formula is C21H24N4O2. The molecule has 0 saturated carbocycles. The second-order valence-corrected chi connectivity index (χ2v) is 6.40. The number of pyridine rings is 1. The average molecular weight is 364 g/mol. The Balaban J connectivity index is 1.90. The minimum absolute atomic E-state index is 0.229. The molecule has 27 heavy (non-hydrogen) atoms. The maximum absolute atomic E-state index is 13.0. The third kappa shape index (κ3) is 4.00. The number of hydrogen-bond acceptors (Lipinski definition) is 3. The second kappa shape index (κ2) is 8.49. The molecule has 0 fully saturated rings. The molecule has 3 aromatic rings. The van der Waals surface area contributed by atoms with E-state index >= 15 is 0 Å². The first-order valence-electron chi connectivity index (χ1n) is 9.22. The van der Waals surface area contributed by atoms with Crippen molar-refractivity contribution in [2.75, 3.05) is 18.5 Å². The molecule has 6 nitrogen and oxygen atoms in total. The minimum atomic E-state index is -0.270. The van der Waals surface area contributed by atoms with E-state index in [2.05, 4.69) is 17.2 Å². The second-order valence-electron chi connectivity index (χ2n) is 6.40. The van der Waals surface area contributed by atoms with Gasteiger partial charge in [-0.3, -0.25) is 14.0 Å². The summed E-state index contributed by atoms with van der Waals surface area (Å²) in [6.45, 7) is 2.71. The number of unbranched alkanes of at least 4 members (excludes halogenated alkanes) is 2. The Morgan fingerprint density at radius 3 is 2.56 bits per heavy atom. The number of carbonyl (C=O) groups excluding carboxylic acids is 2. The van der Waals surface area contributed by atoms with E-state index < -0.39 is 0 Å². The normalized spacial score (nSPS) is 10.7. The van der Waals surface area contributed by atoms with Gasteiger partial charge >= 0.3 is 0 Å². The van der Waals surface area contributed by atoms with Gasteiger partial charge in [0.25, 0.3) is 11.8 Å². The van der Waals surface area contributed by atoms with Gasteiger partial charge in [0.05, 0.1) is 5.52 Å². The highest BCUT2D eigenvalue weighted by molar-refractivity contribution is 6.10. The Kier molecular flexibility index (Phi) is 5.86. The van der Waals surface area contributed by atoms with Crippen LogP contribution in [0.25, 0.3) is 5.52 Å². The van der Waals surface area contributed by atoms with Crippen molar-refractivity contribution >= 4 is 23.0 Å². The van der Waals surface area contributed by atoms with Crippen LogP contribution >= 0.6 is 0 Å². The number of fused-ring (bicyclic) bond motifs is 1. The van der Waals surface area contributed by atoms with Gasteiger partial charge in [0.2, 0.25) is 5.82 Å². The molecule has 0 spiro atoms. The molecule has 0 bridgehead atoms. The van der Waals surface area contributed by atoms with Crippen LogP contribution in [0.3, 0.4) is 0 Å². The molecule has 0 aliphatic heterocycles. The fraction of sp³-hybridized carbons (Fsp3) is 0.286. The number of nitrogens with one attached hydrogen (secondary N) is 1. The molecule has 2 amide bonds. The Bertz CT molecular complexity index is 934. The van der Waals surface area contributed by atoms with Crippen LogP contribution in [-0.4, -0.2) is 34.8 Å². The summed E-state index contributed by atoms with van der Waals surface area (Å²) in [5.74, 6) is -0.296. The number of para-hydroxylation sites is 1. The molecule has 0 radical (unpaired) electrons. The first kappa shape index (κ1) is 18.6. The number of benzene rings is 1. The third-order valence-corrected chi connectivity index (χ3v) is 4.47. The Labute approximate surface area is 158 Å². The van der Waals surface area contributed by atoms with E-state index in [-0.39, 0.29) is 23.3 Å². The highest BCUT2D eigenvalue weighted by Gasteiger charge is 2.24. The molecule has 6 heteroatoms. The number of aromatic nitrogens is 2. The Hall–Kier alpha value is -3.15. The first-order valence-corrected chi connectivity index (χ1v) is 9.22. The summed E-state index contributed by atoms with van der Waals surface area (Å²) in [6.07, 6.45) is 4.83. The standard InChI is InChI=1S/C21H24N4O2/c1-3-4-9-14-22-20(26)19-23-18(17-13-8-10-15-25(17)19)21(27)24(2)16-11-6-5-7-12-16/h5-8,10-13,15H,3-4,9,14H2,1-2H3,(H,22,26). The van der Waals surface area contributed by atoms with Crippen molar-refractivity contribution in [3.63, 3.8) is 0 Å². The van der Waals surface area contributed by atoms with Crippen molar-refractivity contribution < 1.29 is 9.59 Å².